The van der Waals surface area contributed by atoms with Gasteiger partial charge < -0.3 is 10.2 Å². The van der Waals surface area contributed by atoms with E-state index in [1.54, 1.807) is 18.2 Å². The standard InChI is InChI=1S/C10H5ClIN3O2/c11-4-2-1-3-5-6(4)9(16)15-10(17-5)7(12)8(13)14-15/h1-3H,(H2,13,14). The predicted molar refractivity (Wildman–Crippen MR) is 73.4 cm³/mol. The number of halogens is 2. The van der Waals surface area contributed by atoms with E-state index in [0.717, 1.165) is 4.52 Å². The summed E-state index contributed by atoms with van der Waals surface area (Å²) in [4.78, 5) is 12.2. The van der Waals surface area contributed by atoms with Crippen molar-refractivity contribution in [3.8, 4) is 0 Å². The molecule has 17 heavy (non-hydrogen) atoms. The molecule has 7 heteroatoms. The number of aromatic nitrogens is 2. The summed E-state index contributed by atoms with van der Waals surface area (Å²) in [6, 6.07) is 5.03. The average Bonchev–Trinajstić information content (AvgIpc) is 2.57. The Morgan fingerprint density at radius 1 is 1.47 bits per heavy atom. The highest BCUT2D eigenvalue weighted by Gasteiger charge is 2.16. The molecular weight excluding hydrogens is 356 g/mol. The summed E-state index contributed by atoms with van der Waals surface area (Å²) in [5, 5.41) is 4.57. The Bertz CT molecular complexity index is 809. The number of hydrogen-bond donors (Lipinski definition) is 1. The zero-order valence-electron chi connectivity index (χ0n) is 8.28. The van der Waals surface area contributed by atoms with E-state index >= 15 is 0 Å². The molecule has 0 aliphatic carbocycles. The van der Waals surface area contributed by atoms with Crippen molar-refractivity contribution >= 4 is 56.7 Å². The molecule has 0 fully saturated rings. The fourth-order valence-corrected chi connectivity index (χ4v) is 2.33. The fourth-order valence-electron chi connectivity index (χ4n) is 1.63. The van der Waals surface area contributed by atoms with E-state index in [9.17, 15) is 4.79 Å². The van der Waals surface area contributed by atoms with Crippen LogP contribution in [0.25, 0.3) is 16.7 Å². The summed E-state index contributed by atoms with van der Waals surface area (Å²) >= 11 is 7.96. The zero-order valence-corrected chi connectivity index (χ0v) is 11.2. The van der Waals surface area contributed by atoms with Crippen LogP contribution in [0.3, 0.4) is 0 Å². The minimum absolute atomic E-state index is 0.262. The molecule has 3 rings (SSSR count). The summed E-state index contributed by atoms with van der Waals surface area (Å²) in [6.45, 7) is 0. The van der Waals surface area contributed by atoms with Crippen LogP contribution < -0.4 is 11.3 Å². The third-order valence-corrected chi connectivity index (χ3v) is 3.73. The minimum Gasteiger partial charge on any atom is -0.437 e. The van der Waals surface area contributed by atoms with Crippen LogP contribution in [-0.4, -0.2) is 9.61 Å². The molecule has 5 nitrogen and oxygen atoms in total. The summed E-state index contributed by atoms with van der Waals surface area (Å²) < 4.78 is 7.33. The van der Waals surface area contributed by atoms with Crippen molar-refractivity contribution in [2.45, 2.75) is 0 Å². The van der Waals surface area contributed by atoms with E-state index < -0.39 is 0 Å². The van der Waals surface area contributed by atoms with Crippen molar-refractivity contribution in [1.82, 2.24) is 9.61 Å². The normalized spacial score (nSPS) is 11.4. The number of benzene rings is 1. The highest BCUT2D eigenvalue weighted by molar-refractivity contribution is 14.1. The quantitative estimate of drug-likeness (QED) is 0.624. The SMILES string of the molecule is Nc1nn2c(=O)c3c(Cl)cccc3oc2c1I. The highest BCUT2D eigenvalue weighted by Crippen LogP contribution is 2.25. The van der Waals surface area contributed by atoms with Gasteiger partial charge in [-0.15, -0.1) is 5.10 Å². The summed E-state index contributed by atoms with van der Waals surface area (Å²) in [5.41, 5.74) is 6.08. The number of nitrogen functional groups attached to an aromatic ring is 1. The topological polar surface area (TPSA) is 73.5 Å². The molecule has 0 bridgehead atoms. The first-order valence-electron chi connectivity index (χ1n) is 4.64. The van der Waals surface area contributed by atoms with E-state index in [1.807, 2.05) is 22.6 Å². The van der Waals surface area contributed by atoms with Gasteiger partial charge in [-0.05, 0) is 34.7 Å². The molecular formula is C10H5ClIN3O2. The van der Waals surface area contributed by atoms with Crippen LogP contribution in [0.2, 0.25) is 5.02 Å². The van der Waals surface area contributed by atoms with Crippen molar-refractivity contribution in [1.29, 1.82) is 0 Å². The molecule has 0 unspecified atom stereocenters. The third kappa shape index (κ3) is 1.44. The fraction of sp³-hybridized carbons (Fsp3) is 0. The second-order valence-electron chi connectivity index (χ2n) is 3.44. The Hall–Kier alpha value is -1.28. The first-order chi connectivity index (χ1) is 8.09. The molecule has 0 amide bonds. The van der Waals surface area contributed by atoms with Crippen LogP contribution in [0.4, 0.5) is 5.82 Å². The molecule has 2 heterocycles. The first kappa shape index (κ1) is 10.8. The number of anilines is 1. The van der Waals surface area contributed by atoms with Crippen molar-refractivity contribution < 1.29 is 4.42 Å². The largest absolute Gasteiger partial charge is 0.437 e. The Balaban J connectivity index is 2.67. The maximum Gasteiger partial charge on any atom is 0.286 e. The van der Waals surface area contributed by atoms with Gasteiger partial charge in [0.2, 0.25) is 5.71 Å². The van der Waals surface area contributed by atoms with Gasteiger partial charge in [0.25, 0.3) is 5.56 Å². The van der Waals surface area contributed by atoms with Crippen molar-refractivity contribution in [3.63, 3.8) is 0 Å². The lowest BCUT2D eigenvalue weighted by Gasteiger charge is -1.99. The molecule has 0 saturated heterocycles. The molecule has 0 spiro atoms. The number of rotatable bonds is 0. The minimum atomic E-state index is -0.332. The van der Waals surface area contributed by atoms with Crippen LogP contribution in [0.15, 0.2) is 27.4 Å². The van der Waals surface area contributed by atoms with E-state index in [4.69, 9.17) is 21.8 Å². The molecule has 3 aromatic rings. The van der Waals surface area contributed by atoms with Gasteiger partial charge >= 0.3 is 0 Å². The molecule has 0 aliphatic rings. The summed E-state index contributed by atoms with van der Waals surface area (Å²) in [7, 11) is 0. The Morgan fingerprint density at radius 3 is 3.00 bits per heavy atom. The molecule has 0 radical (unpaired) electrons. The maximum atomic E-state index is 12.2. The van der Waals surface area contributed by atoms with Crippen LogP contribution >= 0.6 is 34.2 Å². The van der Waals surface area contributed by atoms with E-state index in [0.29, 0.717) is 25.3 Å². The van der Waals surface area contributed by atoms with Gasteiger partial charge in [0.05, 0.1) is 5.02 Å². The van der Waals surface area contributed by atoms with E-state index in [1.165, 1.54) is 0 Å². The second kappa shape index (κ2) is 3.61. The Kier molecular flexibility index (Phi) is 2.30. The van der Waals surface area contributed by atoms with E-state index in [-0.39, 0.29) is 11.4 Å². The number of hydrogen-bond acceptors (Lipinski definition) is 4. The van der Waals surface area contributed by atoms with Crippen LogP contribution in [0.5, 0.6) is 0 Å². The average molecular weight is 362 g/mol. The number of fused-ring (bicyclic) bond motifs is 2. The monoisotopic (exact) mass is 361 g/mol. The zero-order chi connectivity index (χ0) is 12.2. The molecule has 2 N–H and O–H groups in total. The third-order valence-electron chi connectivity index (χ3n) is 2.40. The summed E-state index contributed by atoms with van der Waals surface area (Å²) in [5.74, 6) is 0.262. The lowest BCUT2D eigenvalue weighted by atomic mass is 10.2. The molecule has 0 aliphatic heterocycles. The summed E-state index contributed by atoms with van der Waals surface area (Å²) in [6.07, 6.45) is 0. The smallest absolute Gasteiger partial charge is 0.286 e. The highest BCUT2D eigenvalue weighted by atomic mass is 127. The van der Waals surface area contributed by atoms with Crippen molar-refractivity contribution in [2.75, 3.05) is 5.73 Å². The molecule has 86 valence electrons. The number of nitrogens with zero attached hydrogens (tertiary/aromatic N) is 2. The van der Waals surface area contributed by atoms with E-state index in [2.05, 4.69) is 5.10 Å². The van der Waals surface area contributed by atoms with Gasteiger partial charge in [0.15, 0.2) is 5.82 Å². The van der Waals surface area contributed by atoms with Crippen molar-refractivity contribution in [3.05, 3.63) is 37.1 Å². The lowest BCUT2D eigenvalue weighted by Crippen LogP contribution is -2.14. The number of nitrogens with two attached hydrogens (primary N) is 1. The molecule has 0 atom stereocenters. The maximum absolute atomic E-state index is 12.2. The van der Waals surface area contributed by atoms with Gasteiger partial charge in [-0.2, -0.15) is 4.52 Å². The Labute approximate surface area is 113 Å². The predicted octanol–water partition coefficient (Wildman–Crippen LogP) is 2.28. The van der Waals surface area contributed by atoms with Crippen LogP contribution in [0.1, 0.15) is 0 Å². The van der Waals surface area contributed by atoms with Crippen molar-refractivity contribution in [2.24, 2.45) is 0 Å². The molecule has 1 aromatic carbocycles. The molecule has 2 aromatic heterocycles. The lowest BCUT2D eigenvalue weighted by molar-refractivity contribution is 0.614. The van der Waals surface area contributed by atoms with Crippen LogP contribution in [-0.2, 0) is 0 Å². The van der Waals surface area contributed by atoms with Gasteiger partial charge in [-0.25, -0.2) is 0 Å². The second-order valence-corrected chi connectivity index (χ2v) is 4.92. The van der Waals surface area contributed by atoms with Gasteiger partial charge in [-0.1, -0.05) is 17.7 Å². The van der Waals surface area contributed by atoms with Gasteiger partial charge in [-0.3, -0.25) is 4.79 Å². The van der Waals surface area contributed by atoms with Gasteiger partial charge in [0.1, 0.15) is 14.5 Å². The Morgan fingerprint density at radius 2 is 2.24 bits per heavy atom. The van der Waals surface area contributed by atoms with Gasteiger partial charge in [0, 0.05) is 0 Å². The molecule has 0 saturated carbocycles. The van der Waals surface area contributed by atoms with Crippen LogP contribution in [0, 0.1) is 3.57 Å². The first-order valence-corrected chi connectivity index (χ1v) is 6.10.